The molecule has 0 aliphatic heterocycles. The molecule has 4 rings (SSSR count). The van der Waals surface area contributed by atoms with Crippen molar-refractivity contribution >= 4 is 16.7 Å². The summed E-state index contributed by atoms with van der Waals surface area (Å²) < 4.78 is 0. The Balaban J connectivity index is 1.75. The Kier molecular flexibility index (Phi) is 3.30. The Morgan fingerprint density at radius 1 is 1.19 bits per heavy atom. The molecule has 2 fully saturated rings. The number of hydrogen-bond donors (Lipinski definition) is 1. The highest BCUT2D eigenvalue weighted by Crippen LogP contribution is 2.38. The topological polar surface area (TPSA) is 28.2 Å². The second-order valence-electron chi connectivity index (χ2n) is 6.51. The molecule has 0 radical (unpaired) electrons. The largest absolute Gasteiger partial charge is 0.353 e. The van der Waals surface area contributed by atoms with E-state index in [1.54, 1.807) is 0 Å². The van der Waals surface area contributed by atoms with Crippen molar-refractivity contribution in [1.29, 1.82) is 0 Å². The molecule has 2 saturated carbocycles. The van der Waals surface area contributed by atoms with Crippen LogP contribution in [0.25, 0.3) is 10.9 Å². The third kappa shape index (κ3) is 2.75. The summed E-state index contributed by atoms with van der Waals surface area (Å²) in [7, 11) is 2.01. The van der Waals surface area contributed by atoms with Gasteiger partial charge in [-0.1, -0.05) is 18.2 Å². The van der Waals surface area contributed by atoms with Gasteiger partial charge in [0, 0.05) is 24.5 Å². The van der Waals surface area contributed by atoms with Crippen molar-refractivity contribution in [2.75, 3.05) is 18.5 Å². The summed E-state index contributed by atoms with van der Waals surface area (Å²) in [4.78, 5) is 7.53. The second-order valence-corrected chi connectivity index (χ2v) is 6.51. The van der Waals surface area contributed by atoms with Crippen LogP contribution in [0.2, 0.25) is 0 Å². The predicted octanol–water partition coefficient (Wildman–Crippen LogP) is 3.33. The molecule has 0 atom stereocenters. The quantitative estimate of drug-likeness (QED) is 0.880. The molecule has 0 spiro atoms. The Bertz CT molecular complexity index is 644. The number of nitrogens with zero attached hydrogens (tertiary/aromatic N) is 2. The maximum absolute atomic E-state index is 4.96. The van der Waals surface area contributed by atoms with Crippen LogP contribution in [0.4, 0.5) is 5.82 Å². The lowest BCUT2D eigenvalue weighted by Crippen LogP contribution is -2.29. The third-order valence-corrected chi connectivity index (χ3v) is 4.59. The van der Waals surface area contributed by atoms with E-state index in [0.717, 1.165) is 24.0 Å². The number of fused-ring (bicyclic) bond motifs is 1. The first-order chi connectivity index (χ1) is 10.3. The van der Waals surface area contributed by atoms with Gasteiger partial charge in [0.2, 0.25) is 0 Å². The van der Waals surface area contributed by atoms with Crippen molar-refractivity contribution in [2.24, 2.45) is 5.92 Å². The van der Waals surface area contributed by atoms with Gasteiger partial charge in [-0.2, -0.15) is 0 Å². The van der Waals surface area contributed by atoms with Crippen LogP contribution in [0.3, 0.4) is 0 Å². The number of pyridine rings is 1. The number of nitrogens with one attached hydrogen (secondary N) is 1. The minimum atomic E-state index is 0.738. The molecule has 2 aromatic rings. The van der Waals surface area contributed by atoms with Crippen molar-refractivity contribution < 1.29 is 0 Å². The van der Waals surface area contributed by atoms with Gasteiger partial charge in [-0.15, -0.1) is 0 Å². The van der Waals surface area contributed by atoms with Crippen LogP contribution in [-0.2, 0) is 6.54 Å². The van der Waals surface area contributed by atoms with Gasteiger partial charge in [0.15, 0.2) is 0 Å². The lowest BCUT2D eigenvalue weighted by Gasteiger charge is -2.24. The molecule has 1 N–H and O–H groups in total. The minimum absolute atomic E-state index is 0.738. The molecule has 0 unspecified atom stereocenters. The second kappa shape index (κ2) is 5.30. The number of benzene rings is 1. The molecule has 2 aliphatic rings. The van der Waals surface area contributed by atoms with Gasteiger partial charge in [-0.25, -0.2) is 4.98 Å². The fourth-order valence-electron chi connectivity index (χ4n) is 3.11. The molecule has 0 saturated heterocycles. The molecule has 21 heavy (non-hydrogen) atoms. The summed E-state index contributed by atoms with van der Waals surface area (Å²) in [6, 6.07) is 11.6. The molecule has 0 bridgehead atoms. The first kappa shape index (κ1) is 13.1. The highest BCUT2D eigenvalue weighted by Gasteiger charge is 2.34. The molecule has 1 heterocycles. The smallest absolute Gasteiger partial charge is 0.129 e. The average Bonchev–Trinajstić information content (AvgIpc) is 3.38. The van der Waals surface area contributed by atoms with E-state index < -0.39 is 0 Å². The molecule has 1 aromatic heterocycles. The Hall–Kier alpha value is -1.61. The van der Waals surface area contributed by atoms with Crippen molar-refractivity contribution in [3.05, 3.63) is 35.9 Å². The van der Waals surface area contributed by atoms with Crippen LogP contribution < -0.4 is 10.2 Å². The van der Waals surface area contributed by atoms with Crippen LogP contribution in [0.1, 0.15) is 31.2 Å². The first-order valence-corrected chi connectivity index (χ1v) is 8.15. The number of rotatable bonds is 6. The molecule has 0 amide bonds. The van der Waals surface area contributed by atoms with E-state index in [1.165, 1.54) is 49.0 Å². The van der Waals surface area contributed by atoms with Crippen LogP contribution in [0, 0.1) is 5.92 Å². The maximum Gasteiger partial charge on any atom is 0.129 e. The molecular weight excluding hydrogens is 258 g/mol. The van der Waals surface area contributed by atoms with Gasteiger partial charge in [-0.05, 0) is 56.3 Å². The fraction of sp³-hybridized carbons (Fsp3) is 0.500. The standard InChI is InChI=1S/C18H23N3/c1-19-11-14-10-18(20-17-5-3-2-4-16(14)17)21(15-8-9-15)12-13-6-7-13/h2-5,10,13,15,19H,6-9,11-12H2,1H3. The van der Waals surface area contributed by atoms with Crippen molar-refractivity contribution in [2.45, 2.75) is 38.3 Å². The normalized spacial score (nSPS) is 18.1. The SMILES string of the molecule is CNCc1cc(N(CC2CC2)C2CC2)nc2ccccc12. The van der Waals surface area contributed by atoms with E-state index in [1.807, 2.05) is 7.05 Å². The zero-order valence-corrected chi connectivity index (χ0v) is 12.7. The summed E-state index contributed by atoms with van der Waals surface area (Å²) in [5.74, 6) is 2.10. The Labute approximate surface area is 126 Å². The Morgan fingerprint density at radius 2 is 2.00 bits per heavy atom. The third-order valence-electron chi connectivity index (χ3n) is 4.59. The van der Waals surface area contributed by atoms with Crippen LogP contribution in [0.5, 0.6) is 0 Å². The van der Waals surface area contributed by atoms with E-state index in [4.69, 9.17) is 4.98 Å². The van der Waals surface area contributed by atoms with Gasteiger partial charge in [0.05, 0.1) is 5.52 Å². The van der Waals surface area contributed by atoms with Crippen molar-refractivity contribution in [3.8, 4) is 0 Å². The molecule has 2 aliphatic carbocycles. The van der Waals surface area contributed by atoms with E-state index in [-0.39, 0.29) is 0 Å². The summed E-state index contributed by atoms with van der Waals surface area (Å²) in [5, 5.41) is 4.57. The highest BCUT2D eigenvalue weighted by atomic mass is 15.2. The molecule has 1 aromatic carbocycles. The van der Waals surface area contributed by atoms with E-state index >= 15 is 0 Å². The van der Waals surface area contributed by atoms with E-state index in [2.05, 4.69) is 40.5 Å². The van der Waals surface area contributed by atoms with Crippen molar-refractivity contribution in [3.63, 3.8) is 0 Å². The van der Waals surface area contributed by atoms with Crippen LogP contribution in [-0.4, -0.2) is 24.6 Å². The molecule has 3 nitrogen and oxygen atoms in total. The number of para-hydroxylation sites is 1. The summed E-state index contributed by atoms with van der Waals surface area (Å²) in [5.41, 5.74) is 2.49. The van der Waals surface area contributed by atoms with Crippen molar-refractivity contribution in [1.82, 2.24) is 10.3 Å². The Morgan fingerprint density at radius 3 is 2.71 bits per heavy atom. The van der Waals surface area contributed by atoms with Crippen LogP contribution >= 0.6 is 0 Å². The monoisotopic (exact) mass is 281 g/mol. The van der Waals surface area contributed by atoms with Gasteiger partial charge in [-0.3, -0.25) is 0 Å². The minimum Gasteiger partial charge on any atom is -0.353 e. The maximum atomic E-state index is 4.96. The number of anilines is 1. The fourth-order valence-corrected chi connectivity index (χ4v) is 3.11. The lowest BCUT2D eigenvalue weighted by molar-refractivity contribution is 0.709. The van der Waals surface area contributed by atoms with Gasteiger partial charge in [0.25, 0.3) is 0 Å². The van der Waals surface area contributed by atoms with Gasteiger partial charge >= 0.3 is 0 Å². The predicted molar refractivity (Wildman–Crippen MR) is 87.6 cm³/mol. The zero-order chi connectivity index (χ0) is 14.2. The van der Waals surface area contributed by atoms with Gasteiger partial charge in [0.1, 0.15) is 5.82 Å². The lowest BCUT2D eigenvalue weighted by atomic mass is 10.1. The van der Waals surface area contributed by atoms with E-state index in [9.17, 15) is 0 Å². The highest BCUT2D eigenvalue weighted by molar-refractivity contribution is 5.84. The molecule has 110 valence electrons. The molecule has 3 heteroatoms. The average molecular weight is 281 g/mol. The van der Waals surface area contributed by atoms with Crippen LogP contribution in [0.15, 0.2) is 30.3 Å². The summed E-state index contributed by atoms with van der Waals surface area (Å²) >= 11 is 0. The summed E-state index contributed by atoms with van der Waals surface area (Å²) in [6.07, 6.45) is 5.48. The van der Waals surface area contributed by atoms with E-state index in [0.29, 0.717) is 0 Å². The van der Waals surface area contributed by atoms with Gasteiger partial charge < -0.3 is 10.2 Å². The number of aromatic nitrogens is 1. The molecular formula is C18H23N3. The summed E-state index contributed by atoms with van der Waals surface area (Å²) in [6.45, 7) is 2.10. The number of hydrogen-bond acceptors (Lipinski definition) is 3. The first-order valence-electron chi connectivity index (χ1n) is 8.15. The zero-order valence-electron chi connectivity index (χ0n) is 12.7.